The molecule has 6 heteroatoms. The molecule has 128 valence electrons. The van der Waals surface area contributed by atoms with E-state index in [1.165, 1.54) is 12.8 Å². The van der Waals surface area contributed by atoms with Crippen molar-refractivity contribution in [2.45, 2.75) is 52.3 Å². The molecule has 1 aliphatic carbocycles. The van der Waals surface area contributed by atoms with E-state index in [-0.39, 0.29) is 23.3 Å². The lowest BCUT2D eigenvalue weighted by Crippen LogP contribution is -2.38. The second-order valence-electron chi connectivity index (χ2n) is 7.66. The van der Waals surface area contributed by atoms with Crippen molar-refractivity contribution in [3.63, 3.8) is 0 Å². The Morgan fingerprint density at radius 2 is 2.30 bits per heavy atom. The van der Waals surface area contributed by atoms with Crippen LogP contribution in [0.1, 0.15) is 38.8 Å². The quantitative estimate of drug-likeness (QED) is 0.717. The molecule has 0 bridgehead atoms. The van der Waals surface area contributed by atoms with Crippen LogP contribution in [0.25, 0.3) is 0 Å². The molecule has 1 aliphatic heterocycles. The molecule has 0 N–H and O–H groups in total. The number of hydrogen-bond acceptors (Lipinski definition) is 3. The van der Waals surface area contributed by atoms with Crippen LogP contribution in [0.5, 0.6) is 0 Å². The zero-order valence-electron chi connectivity index (χ0n) is 14.0. The van der Waals surface area contributed by atoms with Gasteiger partial charge in [0.1, 0.15) is 5.88 Å². The van der Waals surface area contributed by atoms with Gasteiger partial charge in [-0.2, -0.15) is 5.10 Å². The van der Waals surface area contributed by atoms with E-state index in [4.69, 9.17) is 16.3 Å². The van der Waals surface area contributed by atoms with Crippen LogP contribution >= 0.6 is 11.6 Å². The van der Waals surface area contributed by atoms with Gasteiger partial charge in [-0.05, 0) is 36.7 Å². The van der Waals surface area contributed by atoms with Crippen molar-refractivity contribution in [2.75, 3.05) is 19.0 Å². The van der Waals surface area contributed by atoms with E-state index >= 15 is 0 Å². The predicted octanol–water partition coefficient (Wildman–Crippen LogP) is 2.68. The lowest BCUT2D eigenvalue weighted by molar-refractivity contribution is -0.130. The summed E-state index contributed by atoms with van der Waals surface area (Å²) in [7, 11) is 0. The van der Waals surface area contributed by atoms with Crippen LogP contribution < -0.4 is 0 Å². The number of nitrogens with zero attached hydrogens (tertiary/aromatic N) is 3. The van der Waals surface area contributed by atoms with E-state index in [1.54, 1.807) is 0 Å². The third-order valence-corrected chi connectivity index (χ3v) is 4.90. The van der Waals surface area contributed by atoms with Crippen molar-refractivity contribution in [3.8, 4) is 0 Å². The first-order valence-corrected chi connectivity index (χ1v) is 8.96. The predicted molar refractivity (Wildman–Crippen MR) is 89.2 cm³/mol. The Balaban J connectivity index is 1.65. The third-order valence-electron chi connectivity index (χ3n) is 4.67. The lowest BCUT2D eigenvalue weighted by atomic mass is 9.90. The average Bonchev–Trinajstić information content (AvgIpc) is 3.11. The maximum Gasteiger partial charge on any atom is 0.237 e. The van der Waals surface area contributed by atoms with Gasteiger partial charge >= 0.3 is 0 Å². The number of halogens is 1. The van der Waals surface area contributed by atoms with Gasteiger partial charge in [0.15, 0.2) is 0 Å². The Labute approximate surface area is 142 Å². The number of hydrogen-bond donors (Lipinski definition) is 0. The molecule has 2 aliphatic rings. The first-order valence-electron chi connectivity index (χ1n) is 8.43. The van der Waals surface area contributed by atoms with Crippen molar-refractivity contribution in [2.24, 2.45) is 11.3 Å². The number of carbonyl (C=O) groups excluding carboxylic acids is 1. The van der Waals surface area contributed by atoms with E-state index in [1.807, 2.05) is 21.8 Å². The van der Waals surface area contributed by atoms with Gasteiger partial charge in [0, 0.05) is 19.3 Å². The fourth-order valence-electron chi connectivity index (χ4n) is 3.18. The van der Waals surface area contributed by atoms with Gasteiger partial charge < -0.3 is 9.64 Å². The van der Waals surface area contributed by atoms with Gasteiger partial charge in [-0.1, -0.05) is 13.8 Å². The molecule has 1 atom stereocenters. The zero-order chi connectivity index (χ0) is 16.4. The highest BCUT2D eigenvalue weighted by molar-refractivity contribution is 6.27. The molecule has 1 saturated heterocycles. The topological polar surface area (TPSA) is 47.4 Å². The molecule has 3 rings (SSSR count). The molecule has 1 aromatic heterocycles. The molecular weight excluding hydrogens is 314 g/mol. The fraction of sp³-hybridized carbons (Fsp3) is 0.765. The largest absolute Gasteiger partial charge is 0.376 e. The van der Waals surface area contributed by atoms with Crippen molar-refractivity contribution < 1.29 is 9.53 Å². The van der Waals surface area contributed by atoms with Crippen molar-refractivity contribution in [1.29, 1.82) is 0 Å². The van der Waals surface area contributed by atoms with Crippen LogP contribution in [0.3, 0.4) is 0 Å². The van der Waals surface area contributed by atoms with Crippen LogP contribution in [0.15, 0.2) is 12.3 Å². The van der Waals surface area contributed by atoms with Crippen LogP contribution in [0, 0.1) is 11.3 Å². The number of amides is 1. The Morgan fingerprint density at radius 1 is 1.52 bits per heavy atom. The number of ether oxygens (including phenoxy) is 1. The van der Waals surface area contributed by atoms with Gasteiger partial charge in [-0.15, -0.1) is 11.6 Å². The smallest absolute Gasteiger partial charge is 0.237 e. The van der Waals surface area contributed by atoms with Gasteiger partial charge in [0.25, 0.3) is 0 Å². The minimum absolute atomic E-state index is 0.00682. The number of aromatic nitrogens is 2. The zero-order valence-corrected chi connectivity index (χ0v) is 14.8. The Kier molecular flexibility index (Phi) is 4.97. The average molecular weight is 340 g/mol. The van der Waals surface area contributed by atoms with E-state index in [9.17, 15) is 4.79 Å². The van der Waals surface area contributed by atoms with Crippen molar-refractivity contribution in [3.05, 3.63) is 18.0 Å². The summed E-state index contributed by atoms with van der Waals surface area (Å²) in [5.74, 6) is 0.719. The monoisotopic (exact) mass is 339 g/mol. The summed E-state index contributed by atoms with van der Waals surface area (Å²) in [6.45, 7) is 7.26. The first-order chi connectivity index (χ1) is 11.0. The van der Waals surface area contributed by atoms with Crippen molar-refractivity contribution in [1.82, 2.24) is 14.7 Å². The molecule has 5 nitrogen and oxygen atoms in total. The van der Waals surface area contributed by atoms with E-state index in [0.29, 0.717) is 13.1 Å². The van der Waals surface area contributed by atoms with Gasteiger partial charge in [-0.25, -0.2) is 0 Å². The van der Waals surface area contributed by atoms with Gasteiger partial charge in [0.05, 0.1) is 24.9 Å². The summed E-state index contributed by atoms with van der Waals surface area (Å²) in [4.78, 5) is 14.1. The molecule has 0 aromatic carbocycles. The first kappa shape index (κ1) is 16.8. The van der Waals surface area contributed by atoms with Crippen LogP contribution in [-0.4, -0.2) is 45.7 Å². The van der Waals surface area contributed by atoms with Crippen LogP contribution in [-0.2, 0) is 22.6 Å². The summed E-state index contributed by atoms with van der Waals surface area (Å²) < 4.78 is 7.89. The molecule has 1 saturated carbocycles. The fourth-order valence-corrected chi connectivity index (χ4v) is 3.35. The highest BCUT2D eigenvalue weighted by Crippen LogP contribution is 2.32. The maximum absolute atomic E-state index is 12.2. The van der Waals surface area contributed by atoms with E-state index < -0.39 is 0 Å². The summed E-state index contributed by atoms with van der Waals surface area (Å²) in [6.07, 6.45) is 5.46. The summed E-state index contributed by atoms with van der Waals surface area (Å²) in [6, 6.07) is 2.00. The lowest BCUT2D eigenvalue weighted by Gasteiger charge is -2.25. The third kappa shape index (κ3) is 4.48. The summed E-state index contributed by atoms with van der Waals surface area (Å²) in [5, 5.41) is 4.40. The number of alkyl halides is 1. The van der Waals surface area contributed by atoms with E-state index in [2.05, 4.69) is 18.9 Å². The Bertz CT molecular complexity index is 554. The second kappa shape index (κ2) is 6.81. The highest BCUT2D eigenvalue weighted by atomic mass is 35.5. The van der Waals surface area contributed by atoms with Crippen LogP contribution in [0.2, 0.25) is 0 Å². The molecule has 1 unspecified atom stereocenters. The molecule has 1 aromatic rings. The molecule has 0 radical (unpaired) electrons. The Hall–Kier alpha value is -1.07. The molecule has 2 heterocycles. The summed E-state index contributed by atoms with van der Waals surface area (Å²) >= 11 is 5.81. The number of carbonyl (C=O) groups is 1. The second-order valence-corrected chi connectivity index (χ2v) is 7.92. The van der Waals surface area contributed by atoms with Gasteiger partial charge in [-0.3, -0.25) is 9.48 Å². The maximum atomic E-state index is 12.2. The van der Waals surface area contributed by atoms with E-state index in [0.717, 1.165) is 31.2 Å². The standard InChI is InChI=1S/C17H26ClN3O2/c1-17(2)7-15(23-12-17)11-20(16(22)8-18)10-14-5-6-19-21(14)9-13-3-4-13/h5-6,13,15H,3-4,7-12H2,1-2H3. The molecule has 2 fully saturated rings. The van der Waals surface area contributed by atoms with Crippen molar-refractivity contribution >= 4 is 17.5 Å². The molecule has 23 heavy (non-hydrogen) atoms. The van der Waals surface area contributed by atoms with Gasteiger partial charge in [0.2, 0.25) is 5.91 Å². The summed E-state index contributed by atoms with van der Waals surface area (Å²) in [5.41, 5.74) is 1.27. The number of rotatable bonds is 7. The highest BCUT2D eigenvalue weighted by Gasteiger charge is 2.34. The van der Waals surface area contributed by atoms with Crippen LogP contribution in [0.4, 0.5) is 0 Å². The normalized spacial score (nSPS) is 23.2. The molecule has 0 spiro atoms. The minimum Gasteiger partial charge on any atom is -0.376 e. The minimum atomic E-state index is -0.0425. The Morgan fingerprint density at radius 3 is 2.91 bits per heavy atom. The molecule has 1 amide bonds. The molecular formula is C17H26ClN3O2. The SMILES string of the molecule is CC1(C)COC(CN(Cc2ccnn2CC2CC2)C(=O)CCl)C1.